The monoisotopic (exact) mass is 207 g/mol. The second kappa shape index (κ2) is 3.97. The molecule has 0 spiro atoms. The van der Waals surface area contributed by atoms with Crippen molar-refractivity contribution in [2.75, 3.05) is 0 Å². The molecule has 15 heavy (non-hydrogen) atoms. The molecule has 0 bridgehead atoms. The quantitative estimate of drug-likeness (QED) is 0.808. The Hall–Kier alpha value is -0.830. The van der Waals surface area contributed by atoms with Gasteiger partial charge in [0.15, 0.2) is 0 Å². The van der Waals surface area contributed by atoms with Crippen molar-refractivity contribution in [2.24, 2.45) is 11.7 Å². The average molecular weight is 207 g/mol. The fourth-order valence-electron chi connectivity index (χ4n) is 2.58. The van der Waals surface area contributed by atoms with Crippen LogP contribution in [0.4, 0.5) is 0 Å². The van der Waals surface area contributed by atoms with Crippen molar-refractivity contribution >= 4 is 0 Å². The van der Waals surface area contributed by atoms with Crippen LogP contribution in [0.1, 0.15) is 45.1 Å². The molecule has 2 rings (SSSR count). The lowest BCUT2D eigenvalue weighted by Crippen LogP contribution is -2.44. The van der Waals surface area contributed by atoms with Gasteiger partial charge in [0, 0.05) is 23.8 Å². The summed E-state index contributed by atoms with van der Waals surface area (Å²) in [6.07, 6.45) is 8.98. The molecule has 0 aromatic carbocycles. The summed E-state index contributed by atoms with van der Waals surface area (Å²) in [4.78, 5) is 0. The van der Waals surface area contributed by atoms with Gasteiger partial charge in [0.05, 0.1) is 6.20 Å². The van der Waals surface area contributed by atoms with Crippen LogP contribution in [0.25, 0.3) is 0 Å². The molecule has 1 saturated carbocycles. The van der Waals surface area contributed by atoms with Gasteiger partial charge in [-0.25, -0.2) is 0 Å². The molecule has 1 aromatic rings. The Balaban J connectivity index is 2.26. The maximum absolute atomic E-state index is 6.54. The van der Waals surface area contributed by atoms with Gasteiger partial charge < -0.3 is 5.73 Å². The van der Waals surface area contributed by atoms with E-state index in [-0.39, 0.29) is 5.54 Å². The van der Waals surface area contributed by atoms with Crippen molar-refractivity contribution in [2.45, 2.75) is 51.6 Å². The number of aromatic nitrogens is 2. The molecule has 0 radical (unpaired) electrons. The number of nitrogens with two attached hydrogens (primary N) is 1. The highest BCUT2D eigenvalue weighted by molar-refractivity contribution is 5.19. The maximum Gasteiger partial charge on any atom is 0.0540 e. The Labute approximate surface area is 91.7 Å². The van der Waals surface area contributed by atoms with E-state index in [1.807, 2.05) is 10.9 Å². The molecule has 1 aromatic heterocycles. The van der Waals surface area contributed by atoms with Gasteiger partial charge >= 0.3 is 0 Å². The molecule has 1 aliphatic carbocycles. The zero-order valence-electron chi connectivity index (χ0n) is 9.74. The van der Waals surface area contributed by atoms with E-state index in [4.69, 9.17) is 5.73 Å². The van der Waals surface area contributed by atoms with Gasteiger partial charge in [-0.05, 0) is 25.7 Å². The standard InChI is InChI=1S/C12H21N3/c1-3-15-9-11(8-14-15)12(13)7-5-4-6-10(12)2/h8-10H,3-7,13H2,1-2H3. The van der Waals surface area contributed by atoms with Crippen LogP contribution in [-0.4, -0.2) is 9.78 Å². The largest absolute Gasteiger partial charge is 0.321 e. The lowest BCUT2D eigenvalue weighted by molar-refractivity contribution is 0.207. The third-order valence-electron chi connectivity index (χ3n) is 3.85. The van der Waals surface area contributed by atoms with Gasteiger partial charge in [-0.1, -0.05) is 19.8 Å². The Morgan fingerprint density at radius 2 is 2.40 bits per heavy atom. The summed E-state index contributed by atoms with van der Waals surface area (Å²) in [6.45, 7) is 5.29. The van der Waals surface area contributed by atoms with Crippen molar-refractivity contribution in [3.63, 3.8) is 0 Å². The predicted octanol–water partition coefficient (Wildman–Crippen LogP) is 2.27. The van der Waals surface area contributed by atoms with Crippen molar-refractivity contribution in [3.05, 3.63) is 18.0 Å². The molecule has 1 fully saturated rings. The number of hydrogen-bond acceptors (Lipinski definition) is 2. The normalized spacial score (nSPS) is 31.8. The molecule has 2 atom stereocenters. The van der Waals surface area contributed by atoms with Gasteiger partial charge in [0.1, 0.15) is 0 Å². The van der Waals surface area contributed by atoms with Crippen molar-refractivity contribution in [1.82, 2.24) is 9.78 Å². The van der Waals surface area contributed by atoms with Gasteiger partial charge in [-0.15, -0.1) is 0 Å². The van der Waals surface area contributed by atoms with E-state index in [0.29, 0.717) is 5.92 Å². The molecule has 1 aliphatic rings. The van der Waals surface area contributed by atoms with E-state index in [2.05, 4.69) is 25.1 Å². The van der Waals surface area contributed by atoms with E-state index in [9.17, 15) is 0 Å². The minimum atomic E-state index is -0.133. The van der Waals surface area contributed by atoms with Crippen LogP contribution in [0.15, 0.2) is 12.4 Å². The molecular weight excluding hydrogens is 186 g/mol. The first-order valence-corrected chi connectivity index (χ1v) is 5.98. The summed E-state index contributed by atoms with van der Waals surface area (Å²) >= 11 is 0. The molecule has 2 N–H and O–H groups in total. The highest BCUT2D eigenvalue weighted by Gasteiger charge is 2.36. The number of rotatable bonds is 2. The van der Waals surface area contributed by atoms with Crippen molar-refractivity contribution in [1.29, 1.82) is 0 Å². The third-order valence-corrected chi connectivity index (χ3v) is 3.85. The molecule has 84 valence electrons. The average Bonchev–Trinajstić information content (AvgIpc) is 2.71. The van der Waals surface area contributed by atoms with Crippen LogP contribution in [0.5, 0.6) is 0 Å². The highest BCUT2D eigenvalue weighted by Crippen LogP contribution is 2.39. The first-order chi connectivity index (χ1) is 7.16. The van der Waals surface area contributed by atoms with Crippen LogP contribution in [0, 0.1) is 5.92 Å². The molecule has 0 aliphatic heterocycles. The molecule has 2 unspecified atom stereocenters. The first-order valence-electron chi connectivity index (χ1n) is 5.98. The summed E-state index contributed by atoms with van der Waals surface area (Å²) < 4.78 is 1.96. The van der Waals surface area contributed by atoms with Crippen LogP contribution < -0.4 is 5.73 Å². The second-order valence-electron chi connectivity index (χ2n) is 4.77. The number of hydrogen-bond donors (Lipinski definition) is 1. The van der Waals surface area contributed by atoms with E-state index < -0.39 is 0 Å². The van der Waals surface area contributed by atoms with Crippen LogP contribution in [0.3, 0.4) is 0 Å². The molecular formula is C12H21N3. The lowest BCUT2D eigenvalue weighted by Gasteiger charge is -2.38. The van der Waals surface area contributed by atoms with E-state index in [1.54, 1.807) is 0 Å². The lowest BCUT2D eigenvalue weighted by atomic mass is 9.71. The smallest absolute Gasteiger partial charge is 0.0540 e. The SMILES string of the molecule is CCn1cc(C2(N)CCCCC2C)cn1. The fourth-order valence-corrected chi connectivity index (χ4v) is 2.58. The summed E-state index contributed by atoms with van der Waals surface area (Å²) in [5.41, 5.74) is 7.62. The van der Waals surface area contributed by atoms with Gasteiger partial charge in [0.25, 0.3) is 0 Å². The fraction of sp³-hybridized carbons (Fsp3) is 0.750. The van der Waals surface area contributed by atoms with Crippen LogP contribution in [-0.2, 0) is 12.1 Å². The van der Waals surface area contributed by atoms with Gasteiger partial charge in [-0.3, -0.25) is 4.68 Å². The first kappa shape index (κ1) is 10.7. The van der Waals surface area contributed by atoms with Crippen molar-refractivity contribution < 1.29 is 0 Å². The maximum atomic E-state index is 6.54. The van der Waals surface area contributed by atoms with E-state index >= 15 is 0 Å². The number of nitrogens with zero attached hydrogens (tertiary/aromatic N) is 2. The topological polar surface area (TPSA) is 43.8 Å². The van der Waals surface area contributed by atoms with Crippen LogP contribution in [0.2, 0.25) is 0 Å². The molecule has 3 heteroatoms. The second-order valence-corrected chi connectivity index (χ2v) is 4.77. The minimum absolute atomic E-state index is 0.133. The summed E-state index contributed by atoms with van der Waals surface area (Å²) in [6, 6.07) is 0. The molecule has 0 saturated heterocycles. The zero-order valence-corrected chi connectivity index (χ0v) is 9.74. The summed E-state index contributed by atoms with van der Waals surface area (Å²) in [5, 5.41) is 4.33. The predicted molar refractivity (Wildman–Crippen MR) is 61.4 cm³/mol. The molecule has 0 amide bonds. The van der Waals surface area contributed by atoms with Crippen LogP contribution >= 0.6 is 0 Å². The van der Waals surface area contributed by atoms with Crippen molar-refractivity contribution in [3.8, 4) is 0 Å². The Morgan fingerprint density at radius 1 is 1.60 bits per heavy atom. The van der Waals surface area contributed by atoms with Gasteiger partial charge in [-0.2, -0.15) is 5.10 Å². The van der Waals surface area contributed by atoms with E-state index in [0.717, 1.165) is 13.0 Å². The summed E-state index contributed by atoms with van der Waals surface area (Å²) in [7, 11) is 0. The molecule has 1 heterocycles. The highest BCUT2D eigenvalue weighted by atomic mass is 15.3. The minimum Gasteiger partial charge on any atom is -0.321 e. The Kier molecular flexibility index (Phi) is 2.83. The summed E-state index contributed by atoms with van der Waals surface area (Å²) in [5.74, 6) is 0.570. The zero-order chi connectivity index (χ0) is 10.9. The molecule has 3 nitrogen and oxygen atoms in total. The van der Waals surface area contributed by atoms with E-state index in [1.165, 1.54) is 24.8 Å². The Bertz CT molecular complexity index is 331. The van der Waals surface area contributed by atoms with Gasteiger partial charge in [0.2, 0.25) is 0 Å². The Morgan fingerprint density at radius 3 is 3.00 bits per heavy atom. The number of aryl methyl sites for hydroxylation is 1. The third kappa shape index (κ3) is 1.81.